The number of hydrogen-bond donors (Lipinski definition) is 0. The van der Waals surface area contributed by atoms with E-state index in [4.69, 9.17) is 0 Å². The van der Waals surface area contributed by atoms with Crippen LogP contribution in [0.25, 0.3) is 0 Å². The predicted octanol–water partition coefficient (Wildman–Crippen LogP) is 3.77. The first-order chi connectivity index (χ1) is 11.8. The molecule has 0 N–H and O–H groups in total. The van der Waals surface area contributed by atoms with Gasteiger partial charge >= 0.3 is 0 Å². The van der Waals surface area contributed by atoms with E-state index in [0.29, 0.717) is 6.04 Å². The van der Waals surface area contributed by atoms with Crippen LogP contribution in [-0.2, 0) is 13.0 Å². The lowest BCUT2D eigenvalue weighted by atomic mass is 9.94. The number of carbonyl (C=O) groups excluding carboxylic acids is 1. The summed E-state index contributed by atoms with van der Waals surface area (Å²) in [5.41, 5.74) is 3.50. The van der Waals surface area contributed by atoms with Crippen LogP contribution in [0.1, 0.15) is 34.3 Å². The highest BCUT2D eigenvalue weighted by atomic mass is 35.5. The van der Waals surface area contributed by atoms with Crippen molar-refractivity contribution in [2.45, 2.75) is 31.8 Å². The Hall–Kier alpha value is -1.84. The second kappa shape index (κ2) is 8.03. The molecule has 25 heavy (non-hydrogen) atoms. The van der Waals surface area contributed by atoms with Crippen molar-refractivity contribution in [1.29, 1.82) is 0 Å². The normalized spacial score (nSPS) is 18.6. The number of piperidine rings is 1. The van der Waals surface area contributed by atoms with Crippen molar-refractivity contribution in [3.05, 3.63) is 71.3 Å². The summed E-state index contributed by atoms with van der Waals surface area (Å²) in [5.74, 6) is 0.235. The van der Waals surface area contributed by atoms with E-state index in [2.05, 4.69) is 46.2 Å². The van der Waals surface area contributed by atoms with Gasteiger partial charge in [-0.1, -0.05) is 48.5 Å². The van der Waals surface area contributed by atoms with Gasteiger partial charge in [-0.2, -0.15) is 0 Å². The molecule has 0 saturated carbocycles. The van der Waals surface area contributed by atoms with E-state index in [1.54, 1.807) is 0 Å². The molecule has 0 aliphatic carbocycles. The van der Waals surface area contributed by atoms with Crippen LogP contribution < -0.4 is 0 Å². The second-order valence-electron chi connectivity index (χ2n) is 6.90. The van der Waals surface area contributed by atoms with Gasteiger partial charge in [-0.25, -0.2) is 0 Å². The number of carbonyl (C=O) groups is 1. The van der Waals surface area contributed by atoms with Crippen LogP contribution in [0.2, 0.25) is 0 Å². The first kappa shape index (κ1) is 18.0. The maximum Gasteiger partial charge on any atom is 0.254 e. The Kier molecular flexibility index (Phi) is 5.77. The summed E-state index contributed by atoms with van der Waals surface area (Å²) in [6.07, 6.45) is 3.16. The minimum Gasteiger partial charge on any atom is -0.335 e. The van der Waals surface area contributed by atoms with Gasteiger partial charge in [0.2, 0.25) is 0 Å². The van der Waals surface area contributed by atoms with E-state index in [0.717, 1.165) is 51.0 Å². The highest BCUT2D eigenvalue weighted by Gasteiger charge is 2.31. The van der Waals surface area contributed by atoms with Crippen molar-refractivity contribution >= 4 is 18.3 Å². The van der Waals surface area contributed by atoms with Crippen molar-refractivity contribution in [2.75, 3.05) is 19.6 Å². The Morgan fingerprint density at radius 3 is 2.32 bits per heavy atom. The summed E-state index contributed by atoms with van der Waals surface area (Å²) in [6.45, 7) is 4.04. The Morgan fingerprint density at radius 2 is 1.56 bits per heavy atom. The van der Waals surface area contributed by atoms with Crippen LogP contribution in [0.5, 0.6) is 0 Å². The van der Waals surface area contributed by atoms with Crippen LogP contribution in [-0.4, -0.2) is 41.4 Å². The third kappa shape index (κ3) is 3.88. The maximum absolute atomic E-state index is 12.8. The Bertz CT molecular complexity index is 711. The molecule has 1 fully saturated rings. The smallest absolute Gasteiger partial charge is 0.254 e. The van der Waals surface area contributed by atoms with Crippen molar-refractivity contribution in [3.63, 3.8) is 0 Å². The van der Waals surface area contributed by atoms with Gasteiger partial charge in [-0.05, 0) is 36.5 Å². The molecular weight excluding hydrogens is 332 g/mol. The highest BCUT2D eigenvalue weighted by Crippen LogP contribution is 2.25. The zero-order valence-electron chi connectivity index (χ0n) is 14.4. The molecule has 0 unspecified atom stereocenters. The van der Waals surface area contributed by atoms with Gasteiger partial charge in [-0.3, -0.25) is 9.69 Å². The molecule has 2 aliphatic heterocycles. The van der Waals surface area contributed by atoms with Crippen LogP contribution in [0.3, 0.4) is 0 Å². The highest BCUT2D eigenvalue weighted by molar-refractivity contribution is 5.96. The van der Waals surface area contributed by atoms with E-state index < -0.39 is 0 Å². The number of hydrogen-bond acceptors (Lipinski definition) is 2. The lowest BCUT2D eigenvalue weighted by molar-refractivity contribution is 0.0546. The molecule has 2 aliphatic rings. The van der Waals surface area contributed by atoms with Crippen LogP contribution >= 0.6 is 12.4 Å². The Balaban J connectivity index is 0.00000182. The molecular formula is C21H25ClN2O. The van der Waals surface area contributed by atoms with Crippen LogP contribution in [0.15, 0.2) is 54.6 Å². The molecule has 3 nitrogen and oxygen atoms in total. The quantitative estimate of drug-likeness (QED) is 0.835. The summed E-state index contributed by atoms with van der Waals surface area (Å²) in [7, 11) is 0. The number of rotatable bonds is 3. The van der Waals surface area contributed by atoms with E-state index in [-0.39, 0.29) is 18.3 Å². The third-order valence-corrected chi connectivity index (χ3v) is 5.38. The summed E-state index contributed by atoms with van der Waals surface area (Å²) in [6, 6.07) is 19.1. The summed E-state index contributed by atoms with van der Waals surface area (Å²) in [4.78, 5) is 17.4. The standard InChI is InChI=1S/C21H24N2O.ClH/c24-21-20-9-5-4-8-18(20)10-15-23(21)19-11-13-22(14-12-19)16-17-6-2-1-3-7-17;/h1-9,19H,10-16H2;1H. The van der Waals surface area contributed by atoms with Gasteiger partial charge in [0, 0.05) is 37.8 Å². The number of likely N-dealkylation sites (tertiary alicyclic amines) is 1. The molecule has 4 rings (SSSR count). The maximum atomic E-state index is 12.8. The van der Waals surface area contributed by atoms with Gasteiger partial charge in [-0.15, -0.1) is 12.4 Å². The molecule has 0 atom stereocenters. The van der Waals surface area contributed by atoms with Gasteiger partial charge in [0.15, 0.2) is 0 Å². The largest absolute Gasteiger partial charge is 0.335 e. The number of fused-ring (bicyclic) bond motifs is 1. The van der Waals surface area contributed by atoms with Gasteiger partial charge in [0.05, 0.1) is 0 Å². The molecule has 0 spiro atoms. The molecule has 1 saturated heterocycles. The fourth-order valence-electron chi connectivity index (χ4n) is 4.02. The van der Waals surface area contributed by atoms with Gasteiger partial charge in [0.25, 0.3) is 5.91 Å². The van der Waals surface area contributed by atoms with E-state index in [1.807, 2.05) is 18.2 Å². The number of amides is 1. The lowest BCUT2D eigenvalue weighted by Gasteiger charge is -2.40. The van der Waals surface area contributed by atoms with Gasteiger partial charge < -0.3 is 4.90 Å². The number of nitrogens with zero attached hydrogens (tertiary/aromatic N) is 2. The SMILES string of the molecule is Cl.O=C1c2ccccc2CCN1C1CCN(Cc2ccccc2)CC1. The summed E-state index contributed by atoms with van der Waals surface area (Å²) in [5, 5.41) is 0. The average Bonchev–Trinajstić information content (AvgIpc) is 2.64. The van der Waals surface area contributed by atoms with Crippen molar-refractivity contribution < 1.29 is 4.79 Å². The monoisotopic (exact) mass is 356 g/mol. The van der Waals surface area contributed by atoms with Crippen LogP contribution in [0, 0.1) is 0 Å². The van der Waals surface area contributed by atoms with E-state index >= 15 is 0 Å². The molecule has 2 heterocycles. The topological polar surface area (TPSA) is 23.6 Å². The zero-order chi connectivity index (χ0) is 16.4. The lowest BCUT2D eigenvalue weighted by Crippen LogP contribution is -2.49. The molecule has 0 bridgehead atoms. The van der Waals surface area contributed by atoms with E-state index in [9.17, 15) is 4.79 Å². The first-order valence-corrected chi connectivity index (χ1v) is 8.96. The first-order valence-electron chi connectivity index (χ1n) is 8.96. The Morgan fingerprint density at radius 1 is 0.880 bits per heavy atom. The van der Waals surface area contributed by atoms with Crippen molar-refractivity contribution in [3.8, 4) is 0 Å². The van der Waals surface area contributed by atoms with Crippen molar-refractivity contribution in [2.24, 2.45) is 0 Å². The third-order valence-electron chi connectivity index (χ3n) is 5.38. The average molecular weight is 357 g/mol. The molecule has 4 heteroatoms. The molecule has 2 aromatic rings. The van der Waals surface area contributed by atoms with E-state index in [1.165, 1.54) is 11.1 Å². The molecule has 1 amide bonds. The molecule has 2 aromatic carbocycles. The van der Waals surface area contributed by atoms with Crippen LogP contribution in [0.4, 0.5) is 0 Å². The number of benzene rings is 2. The molecule has 0 radical (unpaired) electrons. The second-order valence-corrected chi connectivity index (χ2v) is 6.90. The minimum absolute atomic E-state index is 0. The minimum atomic E-state index is 0. The van der Waals surface area contributed by atoms with Gasteiger partial charge in [0.1, 0.15) is 0 Å². The number of halogens is 1. The molecule has 0 aromatic heterocycles. The Labute approximate surface area is 156 Å². The fraction of sp³-hybridized carbons (Fsp3) is 0.381. The zero-order valence-corrected chi connectivity index (χ0v) is 15.3. The fourth-order valence-corrected chi connectivity index (χ4v) is 4.02. The van der Waals surface area contributed by atoms with Crippen molar-refractivity contribution in [1.82, 2.24) is 9.80 Å². The predicted molar refractivity (Wildman–Crippen MR) is 103 cm³/mol. The summed E-state index contributed by atoms with van der Waals surface area (Å²) >= 11 is 0. The molecule has 132 valence electrons. The summed E-state index contributed by atoms with van der Waals surface area (Å²) < 4.78 is 0.